The molecule has 1 rings (SSSR count). The van der Waals surface area contributed by atoms with E-state index in [1.807, 2.05) is 30.4 Å². The van der Waals surface area contributed by atoms with E-state index in [9.17, 15) is 9.59 Å². The Labute approximate surface area is 125 Å². The molecular weight excluding hydrogens is 270 g/mol. The van der Waals surface area contributed by atoms with Gasteiger partial charge in [0.2, 0.25) is 0 Å². The van der Waals surface area contributed by atoms with E-state index in [1.54, 1.807) is 6.92 Å². The molecule has 0 heterocycles. The smallest absolute Gasteiger partial charge is 0.318 e. The third-order valence-corrected chi connectivity index (χ3v) is 3.13. The molecule has 6 heteroatoms. The third-order valence-electron chi connectivity index (χ3n) is 3.13. The molecule has 0 aliphatic rings. The molecule has 0 spiro atoms. The second kappa shape index (κ2) is 7.64. The number of imide groups is 1. The number of ether oxygens (including phenoxy) is 1. The van der Waals surface area contributed by atoms with Crippen molar-refractivity contribution in [1.29, 1.82) is 0 Å². The summed E-state index contributed by atoms with van der Waals surface area (Å²) in [7, 11) is 0. The van der Waals surface area contributed by atoms with Crippen molar-refractivity contribution in [1.82, 2.24) is 10.6 Å². The maximum atomic E-state index is 11.6. The fraction of sp³-hybridized carbons (Fsp3) is 0.467. The molecule has 0 bridgehead atoms. The number of hydrogen-bond donors (Lipinski definition) is 3. The number of urea groups is 1. The molecule has 0 aliphatic carbocycles. The van der Waals surface area contributed by atoms with Gasteiger partial charge in [-0.3, -0.25) is 10.1 Å². The molecule has 6 nitrogen and oxygen atoms in total. The second-order valence-electron chi connectivity index (χ2n) is 4.92. The predicted octanol–water partition coefficient (Wildman–Crippen LogP) is 1.63. The van der Waals surface area contributed by atoms with E-state index in [0.29, 0.717) is 5.75 Å². The Morgan fingerprint density at radius 3 is 2.52 bits per heavy atom. The van der Waals surface area contributed by atoms with E-state index in [1.165, 1.54) is 0 Å². The molecule has 1 aromatic rings. The van der Waals surface area contributed by atoms with Gasteiger partial charge >= 0.3 is 6.03 Å². The van der Waals surface area contributed by atoms with Gasteiger partial charge in [0, 0.05) is 6.04 Å². The molecule has 3 amide bonds. The molecule has 0 radical (unpaired) electrons. The van der Waals surface area contributed by atoms with E-state index >= 15 is 0 Å². The summed E-state index contributed by atoms with van der Waals surface area (Å²) in [6, 6.07) is 5.16. The zero-order valence-corrected chi connectivity index (χ0v) is 12.9. The Balaban J connectivity index is 2.76. The third kappa shape index (κ3) is 5.07. The Kier molecular flexibility index (Phi) is 6.17. The number of primary amides is 1. The van der Waals surface area contributed by atoms with Crippen molar-refractivity contribution in [2.24, 2.45) is 5.73 Å². The van der Waals surface area contributed by atoms with E-state index in [2.05, 4.69) is 19.2 Å². The van der Waals surface area contributed by atoms with Gasteiger partial charge in [0.05, 0.1) is 0 Å². The summed E-state index contributed by atoms with van der Waals surface area (Å²) < 4.78 is 5.56. The quantitative estimate of drug-likeness (QED) is 0.743. The predicted molar refractivity (Wildman–Crippen MR) is 81.1 cm³/mol. The molecule has 0 aliphatic heterocycles. The highest BCUT2D eigenvalue weighted by Gasteiger charge is 2.17. The SMILES string of the molecule is CCNC(C)c1ccc(OC(C)C(=O)NC(N)=O)c(C)c1. The number of hydrogen-bond acceptors (Lipinski definition) is 4. The van der Waals surface area contributed by atoms with Crippen LogP contribution in [0.1, 0.15) is 37.9 Å². The van der Waals surface area contributed by atoms with Gasteiger partial charge in [0.25, 0.3) is 5.91 Å². The number of amides is 3. The highest BCUT2D eigenvalue weighted by Crippen LogP contribution is 2.23. The molecule has 116 valence electrons. The van der Waals surface area contributed by atoms with Crippen LogP contribution in [-0.2, 0) is 4.79 Å². The van der Waals surface area contributed by atoms with Gasteiger partial charge < -0.3 is 15.8 Å². The molecule has 0 saturated heterocycles. The number of rotatable bonds is 6. The Bertz CT molecular complexity index is 517. The van der Waals surface area contributed by atoms with Crippen LogP contribution < -0.4 is 21.1 Å². The van der Waals surface area contributed by atoms with E-state index in [4.69, 9.17) is 10.5 Å². The normalized spacial score (nSPS) is 13.3. The van der Waals surface area contributed by atoms with Crippen LogP contribution in [0, 0.1) is 6.92 Å². The Morgan fingerprint density at radius 1 is 1.33 bits per heavy atom. The monoisotopic (exact) mass is 293 g/mol. The molecule has 4 N–H and O–H groups in total. The number of benzene rings is 1. The lowest BCUT2D eigenvalue weighted by Gasteiger charge is -2.18. The van der Waals surface area contributed by atoms with Crippen LogP contribution in [0.3, 0.4) is 0 Å². The van der Waals surface area contributed by atoms with Crippen LogP contribution in [0.25, 0.3) is 0 Å². The number of carbonyl (C=O) groups is 2. The summed E-state index contributed by atoms with van der Waals surface area (Å²) in [6.07, 6.45) is -0.798. The first-order chi connectivity index (χ1) is 9.85. The average Bonchev–Trinajstić information content (AvgIpc) is 2.40. The first-order valence-electron chi connectivity index (χ1n) is 6.96. The summed E-state index contributed by atoms with van der Waals surface area (Å²) in [5, 5.41) is 5.33. The van der Waals surface area contributed by atoms with Gasteiger partial charge in [-0.05, 0) is 44.5 Å². The van der Waals surface area contributed by atoms with Crippen LogP contribution >= 0.6 is 0 Å². The number of aryl methyl sites for hydroxylation is 1. The number of carbonyl (C=O) groups excluding carboxylic acids is 2. The minimum atomic E-state index is -0.887. The summed E-state index contributed by atoms with van der Waals surface area (Å²) >= 11 is 0. The lowest BCUT2D eigenvalue weighted by Crippen LogP contribution is -2.42. The first kappa shape index (κ1) is 17.0. The van der Waals surface area contributed by atoms with Crippen molar-refractivity contribution in [3.8, 4) is 5.75 Å². The van der Waals surface area contributed by atoms with Crippen molar-refractivity contribution in [2.75, 3.05) is 6.54 Å². The van der Waals surface area contributed by atoms with Gasteiger partial charge in [0.1, 0.15) is 5.75 Å². The van der Waals surface area contributed by atoms with E-state index < -0.39 is 18.0 Å². The van der Waals surface area contributed by atoms with Gasteiger partial charge in [-0.1, -0.05) is 19.1 Å². The minimum Gasteiger partial charge on any atom is -0.481 e. The van der Waals surface area contributed by atoms with Crippen molar-refractivity contribution in [3.63, 3.8) is 0 Å². The fourth-order valence-electron chi connectivity index (χ4n) is 1.97. The molecule has 21 heavy (non-hydrogen) atoms. The lowest BCUT2D eigenvalue weighted by molar-refractivity contribution is -0.126. The molecular formula is C15H23N3O3. The summed E-state index contributed by atoms with van der Waals surface area (Å²) in [5.74, 6) is 0.0431. The van der Waals surface area contributed by atoms with Crippen molar-refractivity contribution < 1.29 is 14.3 Å². The number of nitrogens with one attached hydrogen (secondary N) is 2. The topological polar surface area (TPSA) is 93.4 Å². The minimum absolute atomic E-state index is 0.248. The molecule has 0 saturated carbocycles. The highest BCUT2D eigenvalue weighted by atomic mass is 16.5. The van der Waals surface area contributed by atoms with Crippen LogP contribution in [0.4, 0.5) is 4.79 Å². The van der Waals surface area contributed by atoms with Crippen molar-refractivity contribution >= 4 is 11.9 Å². The van der Waals surface area contributed by atoms with E-state index in [0.717, 1.165) is 17.7 Å². The van der Waals surface area contributed by atoms with Crippen LogP contribution in [0.15, 0.2) is 18.2 Å². The molecule has 0 aromatic heterocycles. The van der Waals surface area contributed by atoms with Crippen LogP contribution in [-0.4, -0.2) is 24.6 Å². The van der Waals surface area contributed by atoms with Crippen LogP contribution in [0.2, 0.25) is 0 Å². The Hall–Kier alpha value is -2.08. The molecule has 1 aromatic carbocycles. The van der Waals surface area contributed by atoms with Crippen molar-refractivity contribution in [3.05, 3.63) is 29.3 Å². The maximum Gasteiger partial charge on any atom is 0.318 e. The first-order valence-corrected chi connectivity index (χ1v) is 6.96. The summed E-state index contributed by atoms with van der Waals surface area (Å²) in [6.45, 7) is 8.51. The summed E-state index contributed by atoms with van der Waals surface area (Å²) in [5.41, 5.74) is 6.98. The van der Waals surface area contributed by atoms with Crippen LogP contribution in [0.5, 0.6) is 5.75 Å². The Morgan fingerprint density at radius 2 is 2.00 bits per heavy atom. The largest absolute Gasteiger partial charge is 0.481 e. The molecule has 2 atom stereocenters. The standard InChI is InChI=1S/C15H23N3O3/c1-5-17-10(3)12-6-7-13(9(2)8-12)21-11(4)14(19)18-15(16)20/h6-8,10-11,17H,5H2,1-4H3,(H3,16,18,19,20). The van der Waals surface area contributed by atoms with E-state index in [-0.39, 0.29) is 6.04 Å². The highest BCUT2D eigenvalue weighted by molar-refractivity contribution is 5.95. The summed E-state index contributed by atoms with van der Waals surface area (Å²) in [4.78, 5) is 22.2. The zero-order chi connectivity index (χ0) is 16.0. The lowest BCUT2D eigenvalue weighted by atomic mass is 10.0. The van der Waals surface area contributed by atoms with Gasteiger partial charge in [-0.25, -0.2) is 4.79 Å². The zero-order valence-electron chi connectivity index (χ0n) is 12.9. The van der Waals surface area contributed by atoms with Gasteiger partial charge in [0.15, 0.2) is 6.10 Å². The van der Waals surface area contributed by atoms with Crippen molar-refractivity contribution in [2.45, 2.75) is 39.8 Å². The van der Waals surface area contributed by atoms with Gasteiger partial charge in [-0.15, -0.1) is 0 Å². The second-order valence-corrected chi connectivity index (χ2v) is 4.92. The number of nitrogens with two attached hydrogens (primary N) is 1. The fourth-order valence-corrected chi connectivity index (χ4v) is 1.97. The average molecular weight is 293 g/mol. The maximum absolute atomic E-state index is 11.6. The molecule has 0 fully saturated rings. The van der Waals surface area contributed by atoms with Gasteiger partial charge in [-0.2, -0.15) is 0 Å². The molecule has 2 unspecified atom stereocenters.